The first-order valence-electron chi connectivity index (χ1n) is 6.87. The number of carboxylic acid groups (broad SMARTS) is 1. The molecule has 0 spiro atoms. The molecular formula is C15H20N2O4. The molecule has 1 aliphatic heterocycles. The van der Waals surface area contributed by atoms with E-state index in [-0.39, 0.29) is 12.0 Å². The Kier molecular flexibility index (Phi) is 4.80. The van der Waals surface area contributed by atoms with Crippen molar-refractivity contribution >= 4 is 12.0 Å². The van der Waals surface area contributed by atoms with E-state index in [4.69, 9.17) is 4.74 Å². The van der Waals surface area contributed by atoms with E-state index in [2.05, 4.69) is 0 Å². The van der Waals surface area contributed by atoms with Gasteiger partial charge in [0.2, 0.25) is 5.91 Å². The van der Waals surface area contributed by atoms with E-state index < -0.39 is 12.1 Å². The summed E-state index contributed by atoms with van der Waals surface area (Å²) in [5.74, 6) is -0.203. The zero-order chi connectivity index (χ0) is 15.4. The second kappa shape index (κ2) is 6.58. The number of benzene rings is 1. The highest BCUT2D eigenvalue weighted by Crippen LogP contribution is 2.24. The summed E-state index contributed by atoms with van der Waals surface area (Å²) in [4.78, 5) is 26.7. The number of methoxy groups -OCH3 is 1. The van der Waals surface area contributed by atoms with Crippen LogP contribution in [-0.4, -0.2) is 60.3 Å². The molecule has 1 N–H and O–H groups in total. The molecule has 6 heteroatoms. The van der Waals surface area contributed by atoms with Crippen molar-refractivity contribution < 1.29 is 19.4 Å². The van der Waals surface area contributed by atoms with Gasteiger partial charge in [-0.05, 0) is 12.0 Å². The summed E-state index contributed by atoms with van der Waals surface area (Å²) in [5, 5.41) is 9.23. The van der Waals surface area contributed by atoms with Crippen molar-refractivity contribution in [1.29, 1.82) is 0 Å². The van der Waals surface area contributed by atoms with E-state index in [0.717, 1.165) is 11.3 Å². The maximum absolute atomic E-state index is 12.7. The van der Waals surface area contributed by atoms with Crippen LogP contribution in [0.1, 0.15) is 18.0 Å². The Bertz CT molecular complexity index is 506. The minimum Gasteiger partial charge on any atom is -0.465 e. The van der Waals surface area contributed by atoms with E-state index in [1.165, 1.54) is 7.05 Å². The maximum Gasteiger partial charge on any atom is 0.407 e. The standard InChI is InChI=1S/C15H20N2O4/c1-16(15(19)20)13(11-6-4-3-5-7-11)14(18)17-9-8-12(10-17)21-2/h3-7,12-13H,8-10H2,1-2H3,(H,19,20)/t12?,13-/m0/s1. The van der Waals surface area contributed by atoms with Gasteiger partial charge in [0.15, 0.2) is 0 Å². The topological polar surface area (TPSA) is 70.1 Å². The molecule has 2 amide bonds. The summed E-state index contributed by atoms with van der Waals surface area (Å²) in [6.07, 6.45) is -0.319. The summed E-state index contributed by atoms with van der Waals surface area (Å²) in [6.45, 7) is 1.10. The second-order valence-electron chi connectivity index (χ2n) is 5.14. The molecule has 1 fully saturated rings. The van der Waals surface area contributed by atoms with Crippen molar-refractivity contribution in [3.05, 3.63) is 35.9 Å². The average molecular weight is 292 g/mol. The quantitative estimate of drug-likeness (QED) is 0.915. The van der Waals surface area contributed by atoms with E-state index in [9.17, 15) is 14.7 Å². The van der Waals surface area contributed by atoms with Crippen LogP contribution in [0.4, 0.5) is 4.79 Å². The molecular weight excluding hydrogens is 272 g/mol. The molecule has 114 valence electrons. The summed E-state index contributed by atoms with van der Waals surface area (Å²) in [5.41, 5.74) is 0.674. The lowest BCUT2D eigenvalue weighted by atomic mass is 10.0. The van der Waals surface area contributed by atoms with Crippen LogP contribution in [0.5, 0.6) is 0 Å². The highest BCUT2D eigenvalue weighted by molar-refractivity contribution is 5.86. The van der Waals surface area contributed by atoms with Crippen molar-refractivity contribution in [2.24, 2.45) is 0 Å². The number of likely N-dealkylation sites (tertiary alicyclic amines) is 1. The number of likely N-dealkylation sites (N-methyl/N-ethyl adjacent to an activating group) is 1. The third-order valence-electron chi connectivity index (χ3n) is 3.83. The van der Waals surface area contributed by atoms with Crippen LogP contribution in [0.2, 0.25) is 0 Å². The molecule has 1 aromatic carbocycles. The number of hydrogen-bond acceptors (Lipinski definition) is 3. The molecule has 1 aromatic rings. The molecule has 21 heavy (non-hydrogen) atoms. The Hall–Kier alpha value is -2.08. The van der Waals surface area contributed by atoms with E-state index >= 15 is 0 Å². The van der Waals surface area contributed by atoms with Gasteiger partial charge in [-0.3, -0.25) is 9.69 Å². The Morgan fingerprint density at radius 3 is 2.57 bits per heavy atom. The molecule has 1 heterocycles. The molecule has 1 unspecified atom stereocenters. The van der Waals surface area contributed by atoms with E-state index in [0.29, 0.717) is 18.7 Å². The van der Waals surface area contributed by atoms with Crippen molar-refractivity contribution in [1.82, 2.24) is 9.80 Å². The Morgan fingerprint density at radius 1 is 1.38 bits per heavy atom. The number of rotatable bonds is 4. The van der Waals surface area contributed by atoms with Crippen LogP contribution in [0, 0.1) is 0 Å². The molecule has 0 bridgehead atoms. The van der Waals surface area contributed by atoms with Gasteiger partial charge in [-0.2, -0.15) is 0 Å². The van der Waals surface area contributed by atoms with Crippen LogP contribution < -0.4 is 0 Å². The number of nitrogens with zero attached hydrogens (tertiary/aromatic N) is 2. The highest BCUT2D eigenvalue weighted by Gasteiger charge is 2.35. The van der Waals surface area contributed by atoms with Gasteiger partial charge in [0.25, 0.3) is 0 Å². The van der Waals surface area contributed by atoms with Gasteiger partial charge in [-0.1, -0.05) is 30.3 Å². The van der Waals surface area contributed by atoms with Crippen LogP contribution in [0.15, 0.2) is 30.3 Å². The zero-order valence-corrected chi connectivity index (χ0v) is 12.2. The number of carbonyl (C=O) groups is 2. The average Bonchev–Trinajstić information content (AvgIpc) is 2.97. The van der Waals surface area contributed by atoms with Gasteiger partial charge >= 0.3 is 6.09 Å². The zero-order valence-electron chi connectivity index (χ0n) is 12.2. The molecule has 0 saturated carbocycles. The minimum absolute atomic E-state index is 0.0282. The van der Waals surface area contributed by atoms with Gasteiger partial charge in [0.05, 0.1) is 6.10 Å². The second-order valence-corrected chi connectivity index (χ2v) is 5.14. The number of hydrogen-bond donors (Lipinski definition) is 1. The Morgan fingerprint density at radius 2 is 2.05 bits per heavy atom. The first-order valence-corrected chi connectivity index (χ1v) is 6.87. The van der Waals surface area contributed by atoms with Crippen LogP contribution in [0.25, 0.3) is 0 Å². The number of carbonyl (C=O) groups excluding carboxylic acids is 1. The van der Waals surface area contributed by atoms with Gasteiger partial charge in [-0.15, -0.1) is 0 Å². The van der Waals surface area contributed by atoms with Crippen LogP contribution in [-0.2, 0) is 9.53 Å². The SMILES string of the molecule is COC1CCN(C(=O)[C@H](c2ccccc2)N(C)C(=O)O)C1. The van der Waals surface area contributed by atoms with Crippen molar-refractivity contribution in [2.75, 3.05) is 27.2 Å². The Balaban J connectivity index is 2.24. The largest absolute Gasteiger partial charge is 0.465 e. The summed E-state index contributed by atoms with van der Waals surface area (Å²) < 4.78 is 5.26. The van der Waals surface area contributed by atoms with Crippen LogP contribution >= 0.6 is 0 Å². The monoisotopic (exact) mass is 292 g/mol. The molecule has 2 atom stereocenters. The first-order chi connectivity index (χ1) is 10.0. The molecule has 2 rings (SSSR count). The van der Waals surface area contributed by atoms with E-state index in [1.54, 1.807) is 36.3 Å². The predicted molar refractivity (Wildman–Crippen MR) is 77.0 cm³/mol. The molecule has 0 aromatic heterocycles. The lowest BCUT2D eigenvalue weighted by molar-refractivity contribution is -0.135. The van der Waals surface area contributed by atoms with Crippen molar-refractivity contribution in [3.8, 4) is 0 Å². The molecule has 1 aliphatic rings. The van der Waals surface area contributed by atoms with Crippen LogP contribution in [0.3, 0.4) is 0 Å². The fourth-order valence-corrected chi connectivity index (χ4v) is 2.57. The third-order valence-corrected chi connectivity index (χ3v) is 3.83. The lowest BCUT2D eigenvalue weighted by Crippen LogP contribution is -2.43. The van der Waals surface area contributed by atoms with E-state index in [1.807, 2.05) is 6.07 Å². The third kappa shape index (κ3) is 3.33. The van der Waals surface area contributed by atoms with Gasteiger partial charge < -0.3 is 14.7 Å². The normalized spacial score (nSPS) is 19.3. The fraction of sp³-hybridized carbons (Fsp3) is 0.467. The maximum atomic E-state index is 12.7. The summed E-state index contributed by atoms with van der Waals surface area (Å²) in [7, 11) is 3.04. The van der Waals surface area contributed by atoms with Gasteiger partial charge in [0, 0.05) is 27.2 Å². The van der Waals surface area contributed by atoms with Crippen molar-refractivity contribution in [2.45, 2.75) is 18.6 Å². The summed E-state index contributed by atoms with van der Waals surface area (Å²) in [6, 6.07) is 8.15. The van der Waals surface area contributed by atoms with Gasteiger partial charge in [0.1, 0.15) is 6.04 Å². The molecule has 1 saturated heterocycles. The summed E-state index contributed by atoms with van der Waals surface area (Å²) >= 11 is 0. The first kappa shape index (κ1) is 15.3. The molecule has 6 nitrogen and oxygen atoms in total. The predicted octanol–water partition coefficient (Wildman–Crippen LogP) is 1.58. The fourth-order valence-electron chi connectivity index (χ4n) is 2.57. The van der Waals surface area contributed by atoms with Gasteiger partial charge in [-0.25, -0.2) is 4.79 Å². The highest BCUT2D eigenvalue weighted by atomic mass is 16.5. The number of amides is 2. The number of ether oxygens (including phenoxy) is 1. The molecule has 0 aliphatic carbocycles. The van der Waals surface area contributed by atoms with Crippen molar-refractivity contribution in [3.63, 3.8) is 0 Å². The molecule has 0 radical (unpaired) electrons. The smallest absolute Gasteiger partial charge is 0.407 e. The minimum atomic E-state index is -1.13. The lowest BCUT2D eigenvalue weighted by Gasteiger charge is -2.29. The Labute approximate surface area is 123 Å².